The number of nitrogens with two attached hydrogens (primary N) is 1. The zero-order valence-corrected chi connectivity index (χ0v) is 10.3. The fourth-order valence-corrected chi connectivity index (χ4v) is 2.50. The molecule has 0 saturated carbocycles. The van der Waals surface area contributed by atoms with Gasteiger partial charge in [0, 0.05) is 11.6 Å². The van der Waals surface area contributed by atoms with Crippen LogP contribution in [0.1, 0.15) is 17.0 Å². The maximum atomic E-state index is 9.39. The van der Waals surface area contributed by atoms with Gasteiger partial charge in [0.2, 0.25) is 0 Å². The summed E-state index contributed by atoms with van der Waals surface area (Å²) < 4.78 is 0. The Morgan fingerprint density at radius 1 is 1.00 bits per heavy atom. The number of para-hydroxylation sites is 1. The minimum absolute atomic E-state index is 0.0938. The summed E-state index contributed by atoms with van der Waals surface area (Å²) in [5.41, 5.74) is 9.68. The molecule has 1 heterocycles. The maximum Gasteiger partial charge on any atom is 0.116 e. The third-order valence-electron chi connectivity index (χ3n) is 3.37. The summed E-state index contributed by atoms with van der Waals surface area (Å²) >= 11 is 0. The Bertz CT molecular complexity index is 681. The Morgan fingerprint density at radius 2 is 1.68 bits per heavy atom. The predicted octanol–water partition coefficient (Wildman–Crippen LogP) is 2.94. The first-order valence-electron chi connectivity index (χ1n) is 6.12. The normalized spacial score (nSPS) is 17.3. The second kappa shape index (κ2) is 4.51. The molecule has 3 nitrogen and oxygen atoms in total. The highest BCUT2D eigenvalue weighted by Gasteiger charge is 2.28. The first-order valence-corrected chi connectivity index (χ1v) is 6.12. The van der Waals surface area contributed by atoms with E-state index in [4.69, 9.17) is 5.73 Å². The van der Waals surface area contributed by atoms with Gasteiger partial charge in [0.1, 0.15) is 5.82 Å². The number of fused-ring (bicyclic) bond motifs is 1. The average molecular weight is 247 g/mol. The number of allylic oxidation sites excluding steroid dienone is 1. The van der Waals surface area contributed by atoms with Crippen LogP contribution in [-0.4, -0.2) is 0 Å². The molecule has 2 aromatic rings. The van der Waals surface area contributed by atoms with Crippen molar-refractivity contribution in [1.29, 1.82) is 5.26 Å². The first-order chi connectivity index (χ1) is 9.31. The maximum absolute atomic E-state index is 9.39. The van der Waals surface area contributed by atoms with Crippen molar-refractivity contribution >= 4 is 5.69 Å². The van der Waals surface area contributed by atoms with E-state index in [9.17, 15) is 5.26 Å². The molecule has 3 rings (SSSR count). The van der Waals surface area contributed by atoms with Crippen LogP contribution < -0.4 is 11.1 Å². The van der Waals surface area contributed by atoms with Gasteiger partial charge in [0.25, 0.3) is 0 Å². The molecule has 0 saturated heterocycles. The quantitative estimate of drug-likeness (QED) is 0.814. The molecule has 0 spiro atoms. The molecule has 1 aliphatic heterocycles. The molecule has 3 heteroatoms. The number of rotatable bonds is 1. The van der Waals surface area contributed by atoms with E-state index < -0.39 is 0 Å². The first kappa shape index (κ1) is 11.4. The van der Waals surface area contributed by atoms with Crippen LogP contribution in [-0.2, 0) is 0 Å². The number of hydrogen-bond donors (Lipinski definition) is 2. The van der Waals surface area contributed by atoms with Crippen molar-refractivity contribution in [2.45, 2.75) is 5.92 Å². The van der Waals surface area contributed by atoms with Gasteiger partial charge in [-0.1, -0.05) is 48.5 Å². The molecular weight excluding hydrogens is 234 g/mol. The van der Waals surface area contributed by atoms with Crippen LogP contribution >= 0.6 is 0 Å². The van der Waals surface area contributed by atoms with E-state index in [2.05, 4.69) is 11.4 Å². The summed E-state index contributed by atoms with van der Waals surface area (Å²) in [6.45, 7) is 0. The molecule has 2 aromatic carbocycles. The molecular formula is C16H13N3. The molecule has 1 aliphatic rings. The van der Waals surface area contributed by atoms with Crippen LogP contribution in [0.15, 0.2) is 66.0 Å². The van der Waals surface area contributed by atoms with E-state index in [-0.39, 0.29) is 5.92 Å². The molecule has 19 heavy (non-hydrogen) atoms. The SMILES string of the molecule is N#CC1=C(N)Nc2ccccc2C1c1ccccc1. The second-order valence-corrected chi connectivity index (χ2v) is 4.50. The Kier molecular flexibility index (Phi) is 2.70. The Labute approximate surface area is 112 Å². The van der Waals surface area contributed by atoms with E-state index in [1.54, 1.807) is 0 Å². The van der Waals surface area contributed by atoms with Gasteiger partial charge in [0.15, 0.2) is 0 Å². The molecule has 0 fully saturated rings. The minimum atomic E-state index is -0.0938. The number of anilines is 1. The van der Waals surface area contributed by atoms with E-state index in [0.29, 0.717) is 11.4 Å². The number of nitriles is 1. The zero-order chi connectivity index (χ0) is 13.2. The van der Waals surface area contributed by atoms with Crippen LogP contribution in [0, 0.1) is 11.3 Å². The van der Waals surface area contributed by atoms with E-state index in [1.165, 1.54) is 0 Å². The lowest BCUT2D eigenvalue weighted by atomic mass is 9.82. The van der Waals surface area contributed by atoms with Gasteiger partial charge in [-0.2, -0.15) is 5.26 Å². The fourth-order valence-electron chi connectivity index (χ4n) is 2.50. The van der Waals surface area contributed by atoms with E-state index in [0.717, 1.165) is 16.8 Å². The Hall–Kier alpha value is -2.73. The lowest BCUT2D eigenvalue weighted by Gasteiger charge is -2.27. The number of nitrogens with one attached hydrogen (secondary N) is 1. The topological polar surface area (TPSA) is 61.8 Å². The summed E-state index contributed by atoms with van der Waals surface area (Å²) in [5, 5.41) is 12.5. The standard InChI is InChI=1S/C16H13N3/c17-10-13-15(11-6-2-1-3-7-11)12-8-4-5-9-14(12)19-16(13)18/h1-9,15,19H,18H2. The molecule has 0 radical (unpaired) electrons. The third kappa shape index (κ3) is 1.84. The fraction of sp³-hybridized carbons (Fsp3) is 0.0625. The monoisotopic (exact) mass is 247 g/mol. The van der Waals surface area contributed by atoms with Crippen LogP contribution in [0.5, 0.6) is 0 Å². The highest BCUT2D eigenvalue weighted by Crippen LogP contribution is 2.39. The van der Waals surface area contributed by atoms with Crippen molar-refractivity contribution in [3.63, 3.8) is 0 Å². The van der Waals surface area contributed by atoms with Gasteiger partial charge in [-0.15, -0.1) is 0 Å². The van der Waals surface area contributed by atoms with Gasteiger partial charge in [0.05, 0.1) is 11.6 Å². The molecule has 3 N–H and O–H groups in total. The van der Waals surface area contributed by atoms with E-state index in [1.807, 2.05) is 54.6 Å². The van der Waals surface area contributed by atoms with Gasteiger partial charge >= 0.3 is 0 Å². The Balaban J connectivity index is 2.23. The number of nitrogens with zero attached hydrogens (tertiary/aromatic N) is 1. The molecule has 92 valence electrons. The van der Waals surface area contributed by atoms with E-state index >= 15 is 0 Å². The lowest BCUT2D eigenvalue weighted by Crippen LogP contribution is -2.22. The smallest absolute Gasteiger partial charge is 0.116 e. The Morgan fingerprint density at radius 3 is 2.42 bits per heavy atom. The highest BCUT2D eigenvalue weighted by molar-refractivity contribution is 5.67. The molecule has 1 unspecified atom stereocenters. The van der Waals surface area contributed by atoms with Gasteiger partial charge in [-0.3, -0.25) is 0 Å². The summed E-state index contributed by atoms with van der Waals surface area (Å²) in [6.07, 6.45) is 0. The van der Waals surface area contributed by atoms with Crippen LogP contribution in [0.2, 0.25) is 0 Å². The molecule has 0 amide bonds. The van der Waals surface area contributed by atoms with Crippen molar-refractivity contribution in [3.8, 4) is 6.07 Å². The molecule has 1 atom stereocenters. The summed E-state index contributed by atoms with van der Waals surface area (Å²) in [7, 11) is 0. The van der Waals surface area contributed by atoms with Crippen LogP contribution in [0.3, 0.4) is 0 Å². The van der Waals surface area contributed by atoms with Gasteiger partial charge < -0.3 is 11.1 Å². The average Bonchev–Trinajstić information content (AvgIpc) is 2.46. The molecule has 0 bridgehead atoms. The third-order valence-corrected chi connectivity index (χ3v) is 3.37. The predicted molar refractivity (Wildman–Crippen MR) is 75.2 cm³/mol. The van der Waals surface area contributed by atoms with Crippen LogP contribution in [0.25, 0.3) is 0 Å². The molecule has 0 aliphatic carbocycles. The van der Waals surface area contributed by atoms with Crippen molar-refractivity contribution in [3.05, 3.63) is 77.1 Å². The van der Waals surface area contributed by atoms with Crippen molar-refractivity contribution < 1.29 is 0 Å². The second-order valence-electron chi connectivity index (χ2n) is 4.50. The summed E-state index contributed by atoms with van der Waals surface area (Å²) in [6, 6.07) is 20.2. The largest absolute Gasteiger partial charge is 0.384 e. The van der Waals surface area contributed by atoms with Crippen LogP contribution in [0.4, 0.5) is 5.69 Å². The minimum Gasteiger partial charge on any atom is -0.384 e. The van der Waals surface area contributed by atoms with Crippen molar-refractivity contribution in [1.82, 2.24) is 0 Å². The summed E-state index contributed by atoms with van der Waals surface area (Å²) in [5.74, 6) is 0.346. The van der Waals surface area contributed by atoms with Gasteiger partial charge in [-0.05, 0) is 17.2 Å². The lowest BCUT2D eigenvalue weighted by molar-refractivity contribution is 0.932. The van der Waals surface area contributed by atoms with Gasteiger partial charge in [-0.25, -0.2) is 0 Å². The van der Waals surface area contributed by atoms with Crippen molar-refractivity contribution in [2.75, 3.05) is 5.32 Å². The van der Waals surface area contributed by atoms with Crippen molar-refractivity contribution in [2.24, 2.45) is 5.73 Å². The zero-order valence-electron chi connectivity index (χ0n) is 10.3. The number of benzene rings is 2. The summed E-state index contributed by atoms with van der Waals surface area (Å²) in [4.78, 5) is 0. The number of hydrogen-bond acceptors (Lipinski definition) is 3. The highest BCUT2D eigenvalue weighted by atomic mass is 15.0. The molecule has 0 aromatic heterocycles.